The molecule has 0 aliphatic carbocycles. The van der Waals surface area contributed by atoms with Crippen molar-refractivity contribution in [2.45, 2.75) is 57.8 Å². The van der Waals surface area contributed by atoms with Gasteiger partial charge in [-0.2, -0.15) is 0 Å². The van der Waals surface area contributed by atoms with E-state index in [1.54, 1.807) is 30.3 Å². The van der Waals surface area contributed by atoms with Crippen molar-refractivity contribution in [3.05, 3.63) is 94.5 Å². The average Bonchev–Trinajstić information content (AvgIpc) is 2.86. The first kappa shape index (κ1) is 28.2. The lowest BCUT2D eigenvalue weighted by Crippen LogP contribution is -2.43. The van der Waals surface area contributed by atoms with Gasteiger partial charge in [0.15, 0.2) is 0 Å². The van der Waals surface area contributed by atoms with Gasteiger partial charge in [-0.25, -0.2) is 0 Å². The van der Waals surface area contributed by atoms with Crippen molar-refractivity contribution in [2.24, 2.45) is 0 Å². The van der Waals surface area contributed by atoms with Gasteiger partial charge in [-0.3, -0.25) is 4.79 Å². The minimum Gasteiger partial charge on any atom is -0.508 e. The van der Waals surface area contributed by atoms with Gasteiger partial charge >= 0.3 is 0 Å². The Morgan fingerprint density at radius 3 is 2.32 bits per heavy atom. The molecule has 1 atom stereocenters. The molecule has 37 heavy (non-hydrogen) atoms. The highest BCUT2D eigenvalue weighted by Crippen LogP contribution is 2.25. The maximum Gasteiger partial charge on any atom is 0.251 e. The number of rotatable bonds is 11. The maximum atomic E-state index is 12.9. The lowest BCUT2D eigenvalue weighted by atomic mass is 9.84. The van der Waals surface area contributed by atoms with E-state index in [1.807, 2.05) is 58.0 Å². The summed E-state index contributed by atoms with van der Waals surface area (Å²) >= 11 is 0. The van der Waals surface area contributed by atoms with Crippen LogP contribution in [0.3, 0.4) is 0 Å². The van der Waals surface area contributed by atoms with E-state index in [-0.39, 0.29) is 41.5 Å². The van der Waals surface area contributed by atoms with Crippen LogP contribution in [0.2, 0.25) is 0 Å². The second-order valence-electron chi connectivity index (χ2n) is 10.8. The van der Waals surface area contributed by atoms with E-state index >= 15 is 0 Å². The van der Waals surface area contributed by atoms with Crippen molar-refractivity contribution in [3.8, 4) is 11.5 Å². The summed E-state index contributed by atoms with van der Waals surface area (Å²) in [7, 11) is 0. The molecule has 3 rings (SSSR count). The molecule has 6 N–H and O–H groups in total. The van der Waals surface area contributed by atoms with Crippen LogP contribution in [-0.2, 0) is 18.4 Å². The standard InChI is InChI=1S/C30H38N2O5/c1-29(2,24-9-11-25(34)12-10-24)19-31-28(37)22-7-5-6-20(14-22)16-30(3,4)32-17-27(36)21-8-13-26(35)23(15-21)18-33/h5-15,27,32-36H,16-19H2,1-4H3,(H,31,37)/t27-/m1/s1. The van der Waals surface area contributed by atoms with Gasteiger partial charge in [0.1, 0.15) is 11.5 Å². The van der Waals surface area contributed by atoms with Crippen LogP contribution in [0.15, 0.2) is 66.7 Å². The summed E-state index contributed by atoms with van der Waals surface area (Å²) in [5.41, 5.74) is 2.90. The quantitative estimate of drug-likeness (QED) is 0.234. The number of amides is 1. The van der Waals surface area contributed by atoms with E-state index in [0.717, 1.165) is 11.1 Å². The number of phenolic OH excluding ortho intramolecular Hbond substituents is 1. The summed E-state index contributed by atoms with van der Waals surface area (Å²) in [4.78, 5) is 12.9. The molecule has 0 spiro atoms. The second-order valence-corrected chi connectivity index (χ2v) is 10.8. The number of carbonyl (C=O) groups is 1. The van der Waals surface area contributed by atoms with Crippen molar-refractivity contribution >= 4 is 5.91 Å². The molecule has 0 aliphatic heterocycles. The predicted octanol–water partition coefficient (Wildman–Crippen LogP) is 3.94. The molecule has 0 unspecified atom stereocenters. The highest BCUT2D eigenvalue weighted by Gasteiger charge is 2.23. The zero-order valence-corrected chi connectivity index (χ0v) is 22.0. The third kappa shape index (κ3) is 7.79. The molecule has 0 aromatic heterocycles. The Morgan fingerprint density at radius 1 is 0.946 bits per heavy atom. The molecule has 0 saturated heterocycles. The molecule has 0 fully saturated rings. The molecule has 0 heterocycles. The van der Waals surface area contributed by atoms with Gasteiger partial charge in [0.05, 0.1) is 12.7 Å². The molecule has 7 nitrogen and oxygen atoms in total. The Kier molecular flexibility index (Phi) is 8.97. The van der Waals surface area contributed by atoms with Crippen LogP contribution in [0.1, 0.15) is 66.4 Å². The molecular formula is C30H38N2O5. The van der Waals surface area contributed by atoms with Gasteiger partial charge in [0, 0.05) is 35.2 Å². The monoisotopic (exact) mass is 506 g/mol. The van der Waals surface area contributed by atoms with E-state index in [1.165, 1.54) is 6.07 Å². The summed E-state index contributed by atoms with van der Waals surface area (Å²) in [6.07, 6.45) is -0.170. The Bertz CT molecular complexity index is 1200. The predicted molar refractivity (Wildman–Crippen MR) is 145 cm³/mol. The Morgan fingerprint density at radius 2 is 1.65 bits per heavy atom. The maximum absolute atomic E-state index is 12.9. The number of nitrogens with one attached hydrogen (secondary N) is 2. The molecule has 0 saturated carbocycles. The molecule has 198 valence electrons. The first-order valence-electron chi connectivity index (χ1n) is 12.4. The highest BCUT2D eigenvalue weighted by molar-refractivity contribution is 5.94. The SMILES string of the molecule is CC(C)(Cc1cccc(C(=O)NCC(C)(C)c2ccc(O)cc2)c1)NC[C@@H](O)c1ccc(O)c(CO)c1. The smallest absolute Gasteiger partial charge is 0.251 e. The molecule has 0 radical (unpaired) electrons. The molecular weight excluding hydrogens is 468 g/mol. The average molecular weight is 507 g/mol. The minimum absolute atomic E-state index is 0.000394. The first-order chi connectivity index (χ1) is 17.4. The largest absolute Gasteiger partial charge is 0.508 e. The Balaban J connectivity index is 1.58. The van der Waals surface area contributed by atoms with Crippen LogP contribution in [-0.4, -0.2) is 45.0 Å². The van der Waals surface area contributed by atoms with Crippen LogP contribution >= 0.6 is 0 Å². The van der Waals surface area contributed by atoms with E-state index in [0.29, 0.717) is 29.7 Å². The summed E-state index contributed by atoms with van der Waals surface area (Å²) < 4.78 is 0. The van der Waals surface area contributed by atoms with Crippen molar-refractivity contribution in [1.82, 2.24) is 10.6 Å². The number of hydrogen-bond acceptors (Lipinski definition) is 6. The molecule has 3 aromatic carbocycles. The number of benzene rings is 3. The fraction of sp³-hybridized carbons (Fsp3) is 0.367. The normalized spacial score (nSPS) is 12.8. The van der Waals surface area contributed by atoms with E-state index < -0.39 is 6.10 Å². The van der Waals surface area contributed by atoms with Crippen molar-refractivity contribution in [1.29, 1.82) is 0 Å². The second kappa shape index (κ2) is 11.8. The van der Waals surface area contributed by atoms with Gasteiger partial charge in [-0.1, -0.05) is 44.2 Å². The van der Waals surface area contributed by atoms with Crippen LogP contribution in [0.25, 0.3) is 0 Å². The van der Waals surface area contributed by atoms with Crippen LogP contribution in [0.4, 0.5) is 0 Å². The van der Waals surface area contributed by atoms with Crippen molar-refractivity contribution < 1.29 is 25.2 Å². The number of phenols is 2. The third-order valence-corrected chi connectivity index (χ3v) is 6.61. The summed E-state index contributed by atoms with van der Waals surface area (Å²) in [5.74, 6) is 0.0602. The molecule has 7 heteroatoms. The zero-order valence-electron chi connectivity index (χ0n) is 22.0. The summed E-state index contributed by atoms with van der Waals surface area (Å²) in [6, 6.07) is 19.2. The van der Waals surface area contributed by atoms with Crippen LogP contribution in [0.5, 0.6) is 11.5 Å². The van der Waals surface area contributed by atoms with E-state index in [4.69, 9.17) is 0 Å². The van der Waals surface area contributed by atoms with Gasteiger partial charge in [0.2, 0.25) is 0 Å². The Labute approximate surface area is 218 Å². The number of aromatic hydroxyl groups is 2. The van der Waals surface area contributed by atoms with Crippen molar-refractivity contribution in [2.75, 3.05) is 13.1 Å². The summed E-state index contributed by atoms with van der Waals surface area (Å²) in [6.45, 7) is 8.58. The van der Waals surface area contributed by atoms with Crippen molar-refractivity contribution in [3.63, 3.8) is 0 Å². The van der Waals surface area contributed by atoms with Gasteiger partial charge in [0.25, 0.3) is 5.91 Å². The number of hydrogen-bond donors (Lipinski definition) is 6. The number of aliphatic hydroxyl groups excluding tert-OH is 2. The van der Waals surface area contributed by atoms with E-state index in [9.17, 15) is 25.2 Å². The van der Waals surface area contributed by atoms with Gasteiger partial charge in [-0.15, -0.1) is 0 Å². The lowest BCUT2D eigenvalue weighted by molar-refractivity contribution is 0.0945. The first-order valence-corrected chi connectivity index (χ1v) is 12.4. The zero-order chi connectivity index (χ0) is 27.2. The van der Waals surface area contributed by atoms with Gasteiger partial charge < -0.3 is 31.1 Å². The highest BCUT2D eigenvalue weighted by atomic mass is 16.3. The van der Waals surface area contributed by atoms with Gasteiger partial charge in [-0.05, 0) is 73.4 Å². The molecule has 0 bridgehead atoms. The van der Waals surface area contributed by atoms with E-state index in [2.05, 4.69) is 10.6 Å². The fourth-order valence-corrected chi connectivity index (χ4v) is 4.24. The topological polar surface area (TPSA) is 122 Å². The number of β-amino-alcohol motifs (C(OH)–C–C–N with tert-alkyl or cyclic N) is 1. The lowest BCUT2D eigenvalue weighted by Gasteiger charge is -2.28. The third-order valence-electron chi connectivity index (χ3n) is 6.61. The molecule has 0 aliphatic rings. The molecule has 3 aromatic rings. The number of carbonyl (C=O) groups excluding carboxylic acids is 1. The minimum atomic E-state index is -0.806. The van der Waals surface area contributed by atoms with Crippen LogP contribution in [0, 0.1) is 0 Å². The fourth-order valence-electron chi connectivity index (χ4n) is 4.24. The Hall–Kier alpha value is -3.39. The van der Waals surface area contributed by atoms with Crippen LogP contribution < -0.4 is 10.6 Å². The molecule has 1 amide bonds. The number of aliphatic hydroxyl groups is 2. The summed E-state index contributed by atoms with van der Waals surface area (Å²) in [5, 5.41) is 45.6.